The van der Waals surface area contributed by atoms with Crippen molar-refractivity contribution in [3.05, 3.63) is 23.0 Å². The number of hydrogen-bond acceptors (Lipinski definition) is 1. The highest BCUT2D eigenvalue weighted by Gasteiger charge is 2.65. The van der Waals surface area contributed by atoms with Crippen LogP contribution in [0.1, 0.15) is 34.6 Å². The molecule has 2 rings (SSSR count). The summed E-state index contributed by atoms with van der Waals surface area (Å²) < 4.78 is 40.5. The number of aryl methyl sites for hydroxylation is 1. The number of halogens is 4. The van der Waals surface area contributed by atoms with Crippen LogP contribution in [0.4, 0.5) is 13.2 Å². The second-order valence-corrected chi connectivity index (χ2v) is 4.97. The highest BCUT2D eigenvalue weighted by atomic mass is 35.5. The van der Waals surface area contributed by atoms with E-state index >= 15 is 0 Å². The van der Waals surface area contributed by atoms with Crippen LogP contribution in [0.5, 0.6) is 0 Å². The summed E-state index contributed by atoms with van der Waals surface area (Å²) in [6.45, 7) is 3.13. The van der Waals surface area contributed by atoms with E-state index in [0.717, 1.165) is 0 Å². The molecule has 0 spiro atoms. The normalized spacial score (nSPS) is 17.9. The van der Waals surface area contributed by atoms with Crippen LogP contribution in [0.25, 0.3) is 0 Å². The maximum absolute atomic E-state index is 13.1. The second kappa shape index (κ2) is 4.02. The van der Waals surface area contributed by atoms with Gasteiger partial charge in [-0.05, 0) is 32.8 Å². The molecule has 0 amide bonds. The Morgan fingerprint density at radius 2 is 2.00 bits per heavy atom. The van der Waals surface area contributed by atoms with Gasteiger partial charge in [-0.2, -0.15) is 13.2 Å². The molecule has 0 saturated heterocycles. The second-order valence-electron chi connectivity index (χ2n) is 4.71. The van der Waals surface area contributed by atoms with E-state index in [9.17, 15) is 18.0 Å². The lowest BCUT2D eigenvalue weighted by Gasteiger charge is -2.24. The summed E-state index contributed by atoms with van der Waals surface area (Å²) in [4.78, 5) is 11.6. The molecular formula is C12H13ClF3NO. The molecule has 0 radical (unpaired) electrons. The SMILES string of the molecule is Cc1cc(C(=O)CCl)c(C)n1C1(C(F)(F)F)CC1. The Kier molecular flexibility index (Phi) is 3.00. The van der Waals surface area contributed by atoms with Gasteiger partial charge < -0.3 is 4.57 Å². The lowest BCUT2D eigenvalue weighted by Crippen LogP contribution is -2.36. The molecule has 0 atom stereocenters. The molecule has 1 aromatic rings. The van der Waals surface area contributed by atoms with Crippen molar-refractivity contribution in [2.24, 2.45) is 0 Å². The van der Waals surface area contributed by atoms with Gasteiger partial charge in [0, 0.05) is 17.0 Å². The molecule has 0 bridgehead atoms. The van der Waals surface area contributed by atoms with Crippen LogP contribution in [0.3, 0.4) is 0 Å². The number of Topliss-reactive ketones (excluding diaryl/α,β-unsaturated/α-hetero) is 1. The van der Waals surface area contributed by atoms with Crippen LogP contribution in [-0.2, 0) is 5.54 Å². The Morgan fingerprint density at radius 3 is 2.39 bits per heavy atom. The van der Waals surface area contributed by atoms with Gasteiger partial charge in [0.1, 0.15) is 5.54 Å². The molecule has 100 valence electrons. The predicted octanol–water partition coefficient (Wildman–Crippen LogP) is 3.58. The summed E-state index contributed by atoms with van der Waals surface area (Å²) in [5, 5.41) is 0. The summed E-state index contributed by atoms with van der Waals surface area (Å²) >= 11 is 5.46. The largest absolute Gasteiger partial charge is 0.411 e. The van der Waals surface area contributed by atoms with Crippen molar-refractivity contribution in [1.29, 1.82) is 0 Å². The third-order valence-corrected chi connectivity index (χ3v) is 3.77. The zero-order chi connectivity index (χ0) is 13.7. The summed E-state index contributed by atoms with van der Waals surface area (Å²) in [5.74, 6) is -0.558. The monoisotopic (exact) mass is 279 g/mol. The van der Waals surface area contributed by atoms with E-state index < -0.39 is 11.7 Å². The Hall–Kier alpha value is -0.970. The molecule has 1 aliphatic carbocycles. The van der Waals surface area contributed by atoms with E-state index in [2.05, 4.69) is 0 Å². The van der Waals surface area contributed by atoms with Crippen LogP contribution in [0, 0.1) is 13.8 Å². The van der Waals surface area contributed by atoms with Gasteiger partial charge in [-0.1, -0.05) is 0 Å². The van der Waals surface area contributed by atoms with Crippen LogP contribution in [0.2, 0.25) is 0 Å². The van der Waals surface area contributed by atoms with Crippen molar-refractivity contribution < 1.29 is 18.0 Å². The molecule has 1 saturated carbocycles. The van der Waals surface area contributed by atoms with Crippen molar-refractivity contribution in [3.8, 4) is 0 Å². The first kappa shape index (κ1) is 13.5. The fourth-order valence-electron chi connectivity index (χ4n) is 2.53. The molecule has 1 aliphatic rings. The number of rotatable bonds is 3. The van der Waals surface area contributed by atoms with Crippen molar-refractivity contribution in [2.75, 3.05) is 5.88 Å². The first-order valence-electron chi connectivity index (χ1n) is 5.60. The summed E-state index contributed by atoms with van der Waals surface area (Å²) in [7, 11) is 0. The molecule has 0 N–H and O–H groups in total. The molecule has 0 unspecified atom stereocenters. The summed E-state index contributed by atoms with van der Waals surface area (Å²) in [6, 6.07) is 1.49. The van der Waals surface area contributed by atoms with Gasteiger partial charge in [0.05, 0.1) is 5.88 Å². The van der Waals surface area contributed by atoms with E-state index in [-0.39, 0.29) is 30.1 Å². The number of carbonyl (C=O) groups is 1. The first-order chi connectivity index (χ1) is 8.24. The Labute approximate surface area is 108 Å². The Bertz CT molecular complexity index is 500. The Balaban J connectivity index is 2.54. The van der Waals surface area contributed by atoms with Crippen LogP contribution < -0.4 is 0 Å². The van der Waals surface area contributed by atoms with Gasteiger partial charge >= 0.3 is 6.18 Å². The van der Waals surface area contributed by atoms with Crippen LogP contribution in [-0.4, -0.2) is 22.4 Å². The van der Waals surface area contributed by atoms with Crippen molar-refractivity contribution in [3.63, 3.8) is 0 Å². The van der Waals surface area contributed by atoms with Gasteiger partial charge in [0.25, 0.3) is 0 Å². The summed E-state index contributed by atoms with van der Waals surface area (Å²) in [5.41, 5.74) is -0.715. The maximum Gasteiger partial charge on any atom is 0.411 e. The highest BCUT2D eigenvalue weighted by molar-refractivity contribution is 6.30. The van der Waals surface area contributed by atoms with Crippen LogP contribution >= 0.6 is 11.6 Å². The van der Waals surface area contributed by atoms with Crippen molar-refractivity contribution in [2.45, 2.75) is 38.4 Å². The van der Waals surface area contributed by atoms with Crippen molar-refractivity contribution >= 4 is 17.4 Å². The van der Waals surface area contributed by atoms with Crippen molar-refractivity contribution in [1.82, 2.24) is 4.57 Å². The van der Waals surface area contributed by atoms with Gasteiger partial charge in [0.2, 0.25) is 0 Å². The smallest absolute Gasteiger partial charge is 0.333 e. The van der Waals surface area contributed by atoms with Gasteiger partial charge in [0.15, 0.2) is 5.78 Å². The topological polar surface area (TPSA) is 22.0 Å². The predicted molar refractivity (Wildman–Crippen MR) is 62.2 cm³/mol. The fourth-order valence-corrected chi connectivity index (χ4v) is 2.67. The van der Waals surface area contributed by atoms with Gasteiger partial charge in [-0.25, -0.2) is 0 Å². The average molecular weight is 280 g/mol. The lowest BCUT2D eigenvalue weighted by molar-refractivity contribution is -0.180. The molecule has 0 aliphatic heterocycles. The van der Waals surface area contributed by atoms with E-state index in [0.29, 0.717) is 11.4 Å². The molecule has 1 aromatic heterocycles. The minimum Gasteiger partial charge on any atom is -0.333 e. The molecule has 0 aromatic carbocycles. The average Bonchev–Trinajstić information content (AvgIpc) is 3.00. The third-order valence-electron chi connectivity index (χ3n) is 3.53. The van der Waals surface area contributed by atoms with E-state index in [1.54, 1.807) is 13.8 Å². The van der Waals surface area contributed by atoms with E-state index in [1.165, 1.54) is 10.6 Å². The third kappa shape index (κ3) is 1.76. The molecule has 2 nitrogen and oxygen atoms in total. The standard InChI is InChI=1S/C12H13ClF3NO/c1-7-5-9(10(18)6-13)8(2)17(7)11(3-4-11)12(14,15)16/h5H,3-4,6H2,1-2H3. The summed E-state index contributed by atoms with van der Waals surface area (Å²) in [6.07, 6.45) is -4.15. The minimum atomic E-state index is -4.29. The molecule has 1 heterocycles. The van der Waals surface area contributed by atoms with E-state index in [4.69, 9.17) is 11.6 Å². The number of nitrogens with zero attached hydrogens (tertiary/aromatic N) is 1. The lowest BCUT2D eigenvalue weighted by atomic mass is 10.1. The van der Waals surface area contributed by atoms with E-state index in [1.807, 2.05) is 0 Å². The number of hydrogen-bond donors (Lipinski definition) is 0. The molecular weight excluding hydrogens is 267 g/mol. The molecule has 1 fully saturated rings. The zero-order valence-electron chi connectivity index (χ0n) is 10.1. The number of alkyl halides is 4. The zero-order valence-corrected chi connectivity index (χ0v) is 10.8. The first-order valence-corrected chi connectivity index (χ1v) is 6.13. The number of aromatic nitrogens is 1. The molecule has 18 heavy (non-hydrogen) atoms. The molecule has 6 heteroatoms. The van der Waals surface area contributed by atoms with Crippen LogP contribution in [0.15, 0.2) is 6.07 Å². The number of ketones is 1. The van der Waals surface area contributed by atoms with Gasteiger partial charge in [-0.3, -0.25) is 4.79 Å². The fraction of sp³-hybridized carbons (Fsp3) is 0.583. The number of carbonyl (C=O) groups excluding carboxylic acids is 1. The maximum atomic E-state index is 13.1. The Morgan fingerprint density at radius 1 is 1.44 bits per heavy atom. The highest BCUT2D eigenvalue weighted by Crippen LogP contribution is 2.56. The minimum absolute atomic E-state index is 0.0708. The quantitative estimate of drug-likeness (QED) is 0.612. The van der Waals surface area contributed by atoms with Gasteiger partial charge in [-0.15, -0.1) is 11.6 Å².